The minimum atomic E-state index is -0.424. The second kappa shape index (κ2) is 7.82. The van der Waals surface area contributed by atoms with Crippen LogP contribution in [0, 0.1) is 6.92 Å². The quantitative estimate of drug-likeness (QED) is 0.410. The van der Waals surface area contributed by atoms with Gasteiger partial charge in [-0.1, -0.05) is 60.2 Å². The van der Waals surface area contributed by atoms with E-state index in [4.69, 9.17) is 0 Å². The van der Waals surface area contributed by atoms with Gasteiger partial charge in [0.1, 0.15) is 0 Å². The van der Waals surface area contributed by atoms with Crippen LogP contribution in [-0.4, -0.2) is 24.9 Å². The van der Waals surface area contributed by atoms with E-state index in [1.807, 2.05) is 61.5 Å². The van der Waals surface area contributed by atoms with E-state index in [1.54, 1.807) is 17.8 Å². The molecule has 0 bridgehead atoms. The highest BCUT2D eigenvalue weighted by Crippen LogP contribution is 2.18. The van der Waals surface area contributed by atoms with Crippen LogP contribution in [0.1, 0.15) is 16.7 Å². The molecule has 0 atom stereocenters. The fraction of sp³-hybridized carbons (Fsp3) is 0.182. The molecule has 0 unspecified atom stereocenters. The Morgan fingerprint density at radius 1 is 1.00 bits per heavy atom. The Hall–Kier alpha value is -3.94. The molecule has 0 amide bonds. The third-order valence-corrected chi connectivity index (χ3v) is 4.99. The summed E-state index contributed by atoms with van der Waals surface area (Å²) in [6.07, 6.45) is 1.68. The first-order valence-electron chi connectivity index (χ1n) is 9.51. The Kier molecular flexibility index (Phi) is 5.05. The highest BCUT2D eigenvalue weighted by molar-refractivity contribution is 5.80. The maximum Gasteiger partial charge on any atom is 0.332 e. The molecule has 0 radical (unpaired) electrons. The van der Waals surface area contributed by atoms with E-state index in [0.29, 0.717) is 23.7 Å². The zero-order valence-corrected chi connectivity index (χ0v) is 17.0. The Bertz CT molecular complexity index is 1350. The molecular formula is C22H22N6O2. The maximum atomic E-state index is 12.9. The molecule has 8 nitrogen and oxygen atoms in total. The van der Waals surface area contributed by atoms with E-state index < -0.39 is 11.2 Å². The van der Waals surface area contributed by atoms with Gasteiger partial charge in [0.25, 0.3) is 5.56 Å². The van der Waals surface area contributed by atoms with Crippen LogP contribution in [0.2, 0.25) is 0 Å². The number of anilines is 1. The van der Waals surface area contributed by atoms with Crippen molar-refractivity contribution in [2.24, 2.45) is 19.2 Å². The molecule has 8 heteroatoms. The van der Waals surface area contributed by atoms with Gasteiger partial charge in [0.05, 0.1) is 12.8 Å². The molecule has 2 aromatic heterocycles. The number of nitrogens with one attached hydrogen (secondary N) is 1. The average Bonchev–Trinajstić information content (AvgIpc) is 3.11. The zero-order valence-electron chi connectivity index (χ0n) is 17.0. The highest BCUT2D eigenvalue weighted by Gasteiger charge is 2.19. The van der Waals surface area contributed by atoms with Crippen molar-refractivity contribution in [2.75, 3.05) is 5.43 Å². The normalized spacial score (nSPS) is 11.4. The molecule has 0 aliphatic carbocycles. The van der Waals surface area contributed by atoms with Gasteiger partial charge < -0.3 is 0 Å². The van der Waals surface area contributed by atoms with Gasteiger partial charge in [0.15, 0.2) is 11.2 Å². The largest absolute Gasteiger partial charge is 0.332 e. The topological polar surface area (TPSA) is 86.2 Å². The average molecular weight is 402 g/mol. The molecule has 2 aromatic carbocycles. The molecule has 4 aromatic rings. The second-order valence-corrected chi connectivity index (χ2v) is 7.17. The molecular weight excluding hydrogens is 380 g/mol. The van der Waals surface area contributed by atoms with E-state index >= 15 is 0 Å². The van der Waals surface area contributed by atoms with E-state index in [0.717, 1.165) is 15.7 Å². The van der Waals surface area contributed by atoms with Gasteiger partial charge in [-0.05, 0) is 18.1 Å². The predicted molar refractivity (Wildman–Crippen MR) is 118 cm³/mol. The lowest BCUT2D eigenvalue weighted by molar-refractivity contribution is 0.702. The van der Waals surface area contributed by atoms with Crippen molar-refractivity contribution in [1.29, 1.82) is 0 Å². The number of fused-ring (bicyclic) bond motifs is 1. The highest BCUT2D eigenvalue weighted by atomic mass is 16.2. The Labute approximate surface area is 172 Å². The molecule has 0 aliphatic rings. The predicted octanol–water partition coefficient (Wildman–Crippen LogP) is 2.24. The Morgan fingerprint density at radius 2 is 1.70 bits per heavy atom. The fourth-order valence-corrected chi connectivity index (χ4v) is 3.27. The molecule has 0 fully saturated rings. The molecule has 4 rings (SSSR count). The van der Waals surface area contributed by atoms with Crippen LogP contribution in [0.4, 0.5) is 5.95 Å². The van der Waals surface area contributed by atoms with Gasteiger partial charge in [0, 0.05) is 14.1 Å². The van der Waals surface area contributed by atoms with Crippen LogP contribution in [0.5, 0.6) is 0 Å². The van der Waals surface area contributed by atoms with Crippen LogP contribution in [0.15, 0.2) is 69.3 Å². The van der Waals surface area contributed by atoms with Crippen LogP contribution in [0.3, 0.4) is 0 Å². The van der Waals surface area contributed by atoms with E-state index in [1.165, 1.54) is 17.2 Å². The summed E-state index contributed by atoms with van der Waals surface area (Å²) in [4.78, 5) is 29.7. The van der Waals surface area contributed by atoms with Gasteiger partial charge in [-0.15, -0.1) is 0 Å². The first-order valence-corrected chi connectivity index (χ1v) is 9.51. The second-order valence-electron chi connectivity index (χ2n) is 7.17. The molecule has 30 heavy (non-hydrogen) atoms. The fourth-order valence-electron chi connectivity index (χ4n) is 3.27. The first kappa shape index (κ1) is 19.4. The number of aryl methyl sites for hydroxylation is 2. The summed E-state index contributed by atoms with van der Waals surface area (Å²) in [5.41, 5.74) is 5.87. The summed E-state index contributed by atoms with van der Waals surface area (Å²) in [5, 5.41) is 4.29. The summed E-state index contributed by atoms with van der Waals surface area (Å²) in [6, 6.07) is 17.7. The van der Waals surface area contributed by atoms with Gasteiger partial charge in [0.2, 0.25) is 5.95 Å². The van der Waals surface area contributed by atoms with Crippen LogP contribution < -0.4 is 16.7 Å². The van der Waals surface area contributed by atoms with Crippen LogP contribution in [0.25, 0.3) is 11.2 Å². The smallest absolute Gasteiger partial charge is 0.298 e. The third-order valence-electron chi connectivity index (χ3n) is 4.99. The summed E-state index contributed by atoms with van der Waals surface area (Å²) >= 11 is 0. The van der Waals surface area contributed by atoms with Crippen molar-refractivity contribution >= 4 is 23.3 Å². The van der Waals surface area contributed by atoms with Crippen molar-refractivity contribution in [2.45, 2.75) is 13.5 Å². The van der Waals surface area contributed by atoms with Crippen molar-refractivity contribution in [3.63, 3.8) is 0 Å². The monoisotopic (exact) mass is 402 g/mol. The molecule has 2 heterocycles. The van der Waals surface area contributed by atoms with E-state index in [2.05, 4.69) is 15.5 Å². The van der Waals surface area contributed by atoms with Crippen LogP contribution in [-0.2, 0) is 20.6 Å². The Morgan fingerprint density at radius 3 is 2.40 bits per heavy atom. The summed E-state index contributed by atoms with van der Waals surface area (Å²) in [6.45, 7) is 2.43. The molecule has 0 saturated heterocycles. The number of aromatic nitrogens is 4. The molecule has 0 spiro atoms. The summed E-state index contributed by atoms with van der Waals surface area (Å²) in [7, 11) is 3.07. The summed E-state index contributed by atoms with van der Waals surface area (Å²) < 4.78 is 4.21. The number of benzene rings is 2. The lowest BCUT2D eigenvalue weighted by atomic mass is 10.2. The van der Waals surface area contributed by atoms with Gasteiger partial charge in [-0.3, -0.25) is 18.5 Å². The number of hydrogen-bond acceptors (Lipinski definition) is 5. The van der Waals surface area contributed by atoms with Gasteiger partial charge in [-0.25, -0.2) is 10.2 Å². The Balaban J connectivity index is 1.81. The molecule has 1 N–H and O–H groups in total. The molecule has 0 aliphatic heterocycles. The van der Waals surface area contributed by atoms with Crippen molar-refractivity contribution < 1.29 is 0 Å². The first-order chi connectivity index (χ1) is 14.5. The number of nitrogens with zero attached hydrogens (tertiary/aromatic N) is 5. The lowest BCUT2D eigenvalue weighted by Gasteiger charge is -2.09. The lowest BCUT2D eigenvalue weighted by Crippen LogP contribution is -2.37. The van der Waals surface area contributed by atoms with Crippen molar-refractivity contribution in [1.82, 2.24) is 18.7 Å². The van der Waals surface area contributed by atoms with Gasteiger partial charge >= 0.3 is 5.69 Å². The van der Waals surface area contributed by atoms with Crippen LogP contribution >= 0.6 is 0 Å². The number of hydrazone groups is 1. The summed E-state index contributed by atoms with van der Waals surface area (Å²) in [5.74, 6) is 0.385. The van der Waals surface area contributed by atoms with Crippen molar-refractivity contribution in [3.8, 4) is 0 Å². The van der Waals surface area contributed by atoms with E-state index in [-0.39, 0.29) is 0 Å². The zero-order chi connectivity index (χ0) is 21.3. The standard InChI is InChI=1S/C22H22N6O2/c1-15-9-11-16(12-10-15)13-23-25-21-24-19-18(20(29)27(3)22(30)26(19)2)28(21)14-17-7-5-4-6-8-17/h4-13H,14H2,1-3H3,(H,24,25). The minimum Gasteiger partial charge on any atom is -0.298 e. The minimum absolute atomic E-state index is 0.312. The third kappa shape index (κ3) is 3.55. The maximum absolute atomic E-state index is 12.9. The van der Waals surface area contributed by atoms with Crippen molar-refractivity contribution in [3.05, 3.63) is 92.1 Å². The molecule has 0 saturated carbocycles. The molecule has 152 valence electrons. The van der Waals surface area contributed by atoms with Gasteiger partial charge in [-0.2, -0.15) is 10.1 Å². The number of imidazole rings is 1. The number of rotatable bonds is 5. The van der Waals surface area contributed by atoms with E-state index in [9.17, 15) is 9.59 Å². The SMILES string of the molecule is Cc1ccc(C=NNc2nc3c(c(=O)n(C)c(=O)n3C)n2Cc2ccccc2)cc1. The number of hydrogen-bond donors (Lipinski definition) is 1.